The SMILES string of the molecule is CCCC1CC1NC(=O)C(C)(C)c1ccc(N)cc1. The predicted octanol–water partition coefficient (Wildman–Crippen LogP) is 2.85. The number of carbonyl (C=O) groups is 1. The molecule has 3 N–H and O–H groups in total. The molecule has 0 bridgehead atoms. The number of nitrogens with two attached hydrogens (primary N) is 1. The van der Waals surface area contributed by atoms with Gasteiger partial charge in [0.05, 0.1) is 5.41 Å². The van der Waals surface area contributed by atoms with E-state index in [2.05, 4.69) is 12.2 Å². The van der Waals surface area contributed by atoms with Gasteiger partial charge in [-0.15, -0.1) is 0 Å². The molecular formula is C16H24N2O. The minimum absolute atomic E-state index is 0.112. The van der Waals surface area contributed by atoms with Crippen LogP contribution in [-0.4, -0.2) is 11.9 Å². The highest BCUT2D eigenvalue weighted by atomic mass is 16.2. The molecule has 0 spiro atoms. The zero-order chi connectivity index (χ0) is 14.0. The van der Waals surface area contributed by atoms with Crippen molar-refractivity contribution in [2.75, 3.05) is 5.73 Å². The van der Waals surface area contributed by atoms with E-state index in [4.69, 9.17) is 5.73 Å². The van der Waals surface area contributed by atoms with Crippen LogP contribution < -0.4 is 11.1 Å². The zero-order valence-corrected chi connectivity index (χ0v) is 12.1. The summed E-state index contributed by atoms with van der Waals surface area (Å²) in [6.45, 7) is 6.12. The van der Waals surface area contributed by atoms with Gasteiger partial charge in [-0.25, -0.2) is 0 Å². The molecule has 1 saturated carbocycles. The molecule has 1 aliphatic carbocycles. The van der Waals surface area contributed by atoms with Crippen LogP contribution in [0.5, 0.6) is 0 Å². The summed E-state index contributed by atoms with van der Waals surface area (Å²) in [5.41, 5.74) is 6.91. The number of benzene rings is 1. The number of nitrogen functional groups attached to an aromatic ring is 1. The highest BCUT2D eigenvalue weighted by Crippen LogP contribution is 2.35. The van der Waals surface area contributed by atoms with Crippen LogP contribution in [0.1, 0.15) is 45.6 Å². The maximum atomic E-state index is 12.4. The van der Waals surface area contributed by atoms with E-state index in [9.17, 15) is 4.79 Å². The number of amides is 1. The lowest BCUT2D eigenvalue weighted by Crippen LogP contribution is -2.41. The van der Waals surface area contributed by atoms with Crippen LogP contribution in [0.25, 0.3) is 0 Å². The summed E-state index contributed by atoms with van der Waals surface area (Å²) >= 11 is 0. The fraction of sp³-hybridized carbons (Fsp3) is 0.562. The second-order valence-electron chi connectivity index (χ2n) is 6.11. The first-order valence-corrected chi connectivity index (χ1v) is 7.12. The van der Waals surface area contributed by atoms with Gasteiger partial charge in [0, 0.05) is 11.7 Å². The second kappa shape index (κ2) is 5.24. The van der Waals surface area contributed by atoms with Crippen molar-refractivity contribution in [3.8, 4) is 0 Å². The van der Waals surface area contributed by atoms with Crippen molar-refractivity contribution in [3.63, 3.8) is 0 Å². The van der Waals surface area contributed by atoms with E-state index < -0.39 is 5.41 Å². The first-order valence-electron chi connectivity index (χ1n) is 7.12. The number of rotatable bonds is 5. The zero-order valence-electron chi connectivity index (χ0n) is 12.1. The number of anilines is 1. The molecule has 0 radical (unpaired) electrons. The smallest absolute Gasteiger partial charge is 0.230 e. The molecule has 1 aliphatic rings. The first-order chi connectivity index (χ1) is 8.95. The maximum Gasteiger partial charge on any atom is 0.230 e. The normalized spacial score (nSPS) is 22.1. The van der Waals surface area contributed by atoms with Crippen LogP contribution >= 0.6 is 0 Å². The van der Waals surface area contributed by atoms with Crippen molar-refractivity contribution < 1.29 is 4.79 Å². The third-order valence-corrected chi connectivity index (χ3v) is 4.10. The number of hydrogen-bond acceptors (Lipinski definition) is 2. The molecule has 3 heteroatoms. The van der Waals surface area contributed by atoms with Crippen LogP contribution in [-0.2, 0) is 10.2 Å². The average molecular weight is 260 g/mol. The quantitative estimate of drug-likeness (QED) is 0.800. The molecule has 0 aliphatic heterocycles. The molecule has 1 aromatic carbocycles. The van der Waals surface area contributed by atoms with E-state index in [1.807, 2.05) is 38.1 Å². The highest BCUT2D eigenvalue weighted by Gasteiger charge is 2.40. The second-order valence-corrected chi connectivity index (χ2v) is 6.11. The topological polar surface area (TPSA) is 55.1 Å². The van der Waals surface area contributed by atoms with Crippen molar-refractivity contribution >= 4 is 11.6 Å². The number of hydrogen-bond donors (Lipinski definition) is 2. The lowest BCUT2D eigenvalue weighted by atomic mass is 9.83. The fourth-order valence-electron chi connectivity index (χ4n) is 2.49. The third-order valence-electron chi connectivity index (χ3n) is 4.10. The van der Waals surface area contributed by atoms with Crippen molar-refractivity contribution in [2.24, 2.45) is 5.92 Å². The van der Waals surface area contributed by atoms with Gasteiger partial charge in [-0.05, 0) is 50.3 Å². The average Bonchev–Trinajstić information content (AvgIpc) is 3.08. The monoisotopic (exact) mass is 260 g/mol. The highest BCUT2D eigenvalue weighted by molar-refractivity contribution is 5.87. The molecule has 3 nitrogen and oxygen atoms in total. The van der Waals surface area contributed by atoms with Gasteiger partial charge in [-0.3, -0.25) is 4.79 Å². The molecule has 0 heterocycles. The molecule has 104 valence electrons. The van der Waals surface area contributed by atoms with E-state index in [-0.39, 0.29) is 5.91 Å². The Labute approximate surface area is 115 Å². The number of carbonyl (C=O) groups excluding carboxylic acids is 1. The van der Waals surface area contributed by atoms with E-state index in [0.29, 0.717) is 12.0 Å². The van der Waals surface area contributed by atoms with Gasteiger partial charge in [-0.2, -0.15) is 0 Å². The molecule has 0 aromatic heterocycles. The Kier molecular flexibility index (Phi) is 3.83. The van der Waals surface area contributed by atoms with Crippen molar-refractivity contribution in [1.29, 1.82) is 0 Å². The summed E-state index contributed by atoms with van der Waals surface area (Å²) in [4.78, 5) is 12.4. The Balaban J connectivity index is 1.99. The van der Waals surface area contributed by atoms with Crippen LogP contribution in [0.15, 0.2) is 24.3 Å². The summed E-state index contributed by atoms with van der Waals surface area (Å²) in [6.07, 6.45) is 3.54. The Hall–Kier alpha value is -1.51. The lowest BCUT2D eigenvalue weighted by Gasteiger charge is -2.24. The minimum Gasteiger partial charge on any atom is -0.399 e. The van der Waals surface area contributed by atoms with Gasteiger partial charge < -0.3 is 11.1 Å². The number of nitrogens with one attached hydrogen (secondary N) is 1. The van der Waals surface area contributed by atoms with E-state index in [1.165, 1.54) is 12.8 Å². The standard InChI is InChI=1S/C16H24N2O/c1-4-5-11-10-14(11)18-15(19)16(2,3)12-6-8-13(17)9-7-12/h6-9,11,14H,4-5,10,17H2,1-3H3,(H,18,19). The van der Waals surface area contributed by atoms with Crippen LogP contribution in [0.4, 0.5) is 5.69 Å². The van der Waals surface area contributed by atoms with Gasteiger partial charge in [0.25, 0.3) is 0 Å². The van der Waals surface area contributed by atoms with Crippen LogP contribution in [0.3, 0.4) is 0 Å². The van der Waals surface area contributed by atoms with Crippen molar-refractivity contribution in [2.45, 2.75) is 51.5 Å². The Bertz CT molecular complexity index is 450. The first kappa shape index (κ1) is 13.9. The van der Waals surface area contributed by atoms with Crippen LogP contribution in [0, 0.1) is 5.92 Å². The van der Waals surface area contributed by atoms with E-state index >= 15 is 0 Å². The molecule has 1 amide bonds. The summed E-state index contributed by atoms with van der Waals surface area (Å²) in [5.74, 6) is 0.803. The summed E-state index contributed by atoms with van der Waals surface area (Å²) in [5, 5.41) is 3.17. The van der Waals surface area contributed by atoms with Crippen molar-refractivity contribution in [1.82, 2.24) is 5.32 Å². The van der Waals surface area contributed by atoms with Gasteiger partial charge in [-0.1, -0.05) is 25.5 Å². The fourth-order valence-corrected chi connectivity index (χ4v) is 2.49. The molecular weight excluding hydrogens is 236 g/mol. The maximum absolute atomic E-state index is 12.4. The van der Waals surface area contributed by atoms with Gasteiger partial charge in [0.15, 0.2) is 0 Å². The lowest BCUT2D eigenvalue weighted by molar-refractivity contribution is -0.125. The molecule has 1 aromatic rings. The Morgan fingerprint density at radius 1 is 1.37 bits per heavy atom. The summed E-state index contributed by atoms with van der Waals surface area (Å²) in [6, 6.07) is 7.96. The van der Waals surface area contributed by atoms with E-state index in [1.54, 1.807) is 0 Å². The molecule has 19 heavy (non-hydrogen) atoms. The molecule has 2 atom stereocenters. The van der Waals surface area contributed by atoms with Crippen LogP contribution in [0.2, 0.25) is 0 Å². The predicted molar refractivity (Wildman–Crippen MR) is 78.8 cm³/mol. The Morgan fingerprint density at radius 2 is 2.00 bits per heavy atom. The molecule has 2 unspecified atom stereocenters. The van der Waals surface area contributed by atoms with Gasteiger partial charge >= 0.3 is 0 Å². The van der Waals surface area contributed by atoms with Gasteiger partial charge in [0.2, 0.25) is 5.91 Å². The van der Waals surface area contributed by atoms with Crippen molar-refractivity contribution in [3.05, 3.63) is 29.8 Å². The minimum atomic E-state index is -0.507. The Morgan fingerprint density at radius 3 is 2.58 bits per heavy atom. The summed E-state index contributed by atoms with van der Waals surface area (Å²) < 4.78 is 0. The molecule has 2 rings (SSSR count). The van der Waals surface area contributed by atoms with E-state index in [0.717, 1.165) is 17.7 Å². The third kappa shape index (κ3) is 3.09. The molecule has 1 fully saturated rings. The summed E-state index contributed by atoms with van der Waals surface area (Å²) in [7, 11) is 0. The largest absolute Gasteiger partial charge is 0.399 e. The van der Waals surface area contributed by atoms with Gasteiger partial charge in [0.1, 0.15) is 0 Å². The molecule has 0 saturated heterocycles.